The van der Waals surface area contributed by atoms with E-state index in [1.54, 1.807) is 24.3 Å². The molecule has 0 saturated carbocycles. The third-order valence-electron chi connectivity index (χ3n) is 3.98. The lowest BCUT2D eigenvalue weighted by Crippen LogP contribution is -2.14. The maximum absolute atomic E-state index is 11.3. The van der Waals surface area contributed by atoms with Crippen molar-refractivity contribution < 1.29 is 28.5 Å². The number of carbonyl (C=O) groups excluding carboxylic acids is 2. The molecule has 0 amide bonds. The molecule has 0 saturated heterocycles. The predicted molar refractivity (Wildman–Crippen MR) is 120 cm³/mol. The van der Waals surface area contributed by atoms with Crippen molar-refractivity contribution >= 4 is 23.6 Å². The Balaban J connectivity index is 0.000000320. The van der Waals surface area contributed by atoms with Gasteiger partial charge in [-0.2, -0.15) is 0 Å². The number of nitrogen functional groups attached to an aromatic ring is 2. The third-order valence-corrected chi connectivity index (χ3v) is 3.98. The number of methoxy groups -OCH3 is 2. The molecule has 0 radical (unpaired) electrons. The Morgan fingerprint density at radius 2 is 1.09 bits per heavy atom. The van der Waals surface area contributed by atoms with Crippen LogP contribution in [0.2, 0.25) is 0 Å². The number of amidine groups is 2. The quantitative estimate of drug-likeness (QED) is 0.273. The summed E-state index contributed by atoms with van der Waals surface area (Å²) in [5.74, 6) is -0.246. The molecule has 10 heteroatoms. The van der Waals surface area contributed by atoms with Gasteiger partial charge in [-0.1, -0.05) is 0 Å². The van der Waals surface area contributed by atoms with Crippen molar-refractivity contribution in [2.24, 2.45) is 11.5 Å². The van der Waals surface area contributed by atoms with Crippen molar-refractivity contribution in [1.29, 1.82) is 10.8 Å². The van der Waals surface area contributed by atoms with Gasteiger partial charge in [0.1, 0.15) is 23.2 Å². The predicted octanol–water partition coefficient (Wildman–Crippen LogP) is 2.31. The Hall–Kier alpha value is -4.08. The maximum Gasteiger partial charge on any atom is 0.337 e. The Morgan fingerprint density at radius 3 is 1.34 bits per heavy atom. The van der Waals surface area contributed by atoms with E-state index in [2.05, 4.69) is 9.47 Å². The van der Waals surface area contributed by atoms with Gasteiger partial charge in [-0.3, -0.25) is 10.8 Å². The zero-order valence-electron chi connectivity index (χ0n) is 18.5. The molecule has 0 unspecified atom stereocenters. The van der Waals surface area contributed by atoms with Crippen LogP contribution in [0.4, 0.5) is 0 Å². The number of benzene rings is 2. The molecular formula is C22H28N4O6. The van der Waals surface area contributed by atoms with Gasteiger partial charge < -0.3 is 30.4 Å². The van der Waals surface area contributed by atoms with Crippen LogP contribution in [-0.2, 0) is 9.47 Å². The number of esters is 2. The largest absolute Gasteiger partial charge is 0.493 e. The molecular weight excluding hydrogens is 416 g/mol. The lowest BCUT2D eigenvalue weighted by molar-refractivity contribution is 0.0591. The summed E-state index contributed by atoms with van der Waals surface area (Å²) in [6, 6.07) is 9.32. The van der Waals surface area contributed by atoms with Crippen LogP contribution >= 0.6 is 0 Å². The lowest BCUT2D eigenvalue weighted by atomic mass is 10.1. The smallest absolute Gasteiger partial charge is 0.337 e. The number of hydrogen-bond acceptors (Lipinski definition) is 8. The van der Waals surface area contributed by atoms with Crippen molar-refractivity contribution in [2.45, 2.75) is 13.8 Å². The van der Waals surface area contributed by atoms with Gasteiger partial charge in [-0.25, -0.2) is 9.59 Å². The Morgan fingerprint density at radius 1 is 0.750 bits per heavy atom. The second-order valence-electron chi connectivity index (χ2n) is 6.10. The molecule has 172 valence electrons. The molecule has 6 N–H and O–H groups in total. The van der Waals surface area contributed by atoms with E-state index in [0.29, 0.717) is 47.0 Å². The maximum atomic E-state index is 11.3. The average Bonchev–Trinajstić information content (AvgIpc) is 2.79. The van der Waals surface area contributed by atoms with Gasteiger partial charge in [0.15, 0.2) is 0 Å². The van der Waals surface area contributed by atoms with E-state index in [0.717, 1.165) is 0 Å². The monoisotopic (exact) mass is 444 g/mol. The van der Waals surface area contributed by atoms with Gasteiger partial charge in [0.05, 0.1) is 49.7 Å². The van der Waals surface area contributed by atoms with Crippen molar-refractivity contribution in [3.8, 4) is 11.5 Å². The van der Waals surface area contributed by atoms with Crippen LogP contribution in [0.15, 0.2) is 36.4 Å². The first-order chi connectivity index (χ1) is 15.2. The highest BCUT2D eigenvalue weighted by Gasteiger charge is 2.13. The van der Waals surface area contributed by atoms with E-state index in [-0.39, 0.29) is 11.7 Å². The second-order valence-corrected chi connectivity index (χ2v) is 6.10. The Labute approximate surface area is 186 Å². The van der Waals surface area contributed by atoms with Crippen molar-refractivity contribution in [3.05, 3.63) is 58.7 Å². The van der Waals surface area contributed by atoms with Crippen molar-refractivity contribution in [2.75, 3.05) is 27.4 Å². The van der Waals surface area contributed by atoms with Crippen LogP contribution in [0.25, 0.3) is 0 Å². The molecule has 0 aliphatic rings. The highest BCUT2D eigenvalue weighted by Crippen LogP contribution is 2.21. The minimum atomic E-state index is -0.467. The molecule has 0 heterocycles. The lowest BCUT2D eigenvalue weighted by Gasteiger charge is -2.10. The number of rotatable bonds is 8. The van der Waals surface area contributed by atoms with E-state index < -0.39 is 11.9 Å². The van der Waals surface area contributed by atoms with E-state index in [9.17, 15) is 9.59 Å². The molecule has 0 fully saturated rings. The van der Waals surface area contributed by atoms with Crippen LogP contribution in [0.3, 0.4) is 0 Å². The molecule has 2 aromatic rings. The fourth-order valence-electron chi connectivity index (χ4n) is 2.53. The van der Waals surface area contributed by atoms with Crippen LogP contribution in [0.5, 0.6) is 11.5 Å². The molecule has 2 rings (SSSR count). The molecule has 0 bridgehead atoms. The van der Waals surface area contributed by atoms with Gasteiger partial charge in [-0.15, -0.1) is 0 Å². The molecule has 0 atom stereocenters. The zero-order chi connectivity index (χ0) is 24.3. The molecule has 10 nitrogen and oxygen atoms in total. The summed E-state index contributed by atoms with van der Waals surface area (Å²) in [6.07, 6.45) is 0. The normalized spacial score (nSPS) is 9.62. The van der Waals surface area contributed by atoms with E-state index in [1.807, 2.05) is 13.8 Å². The highest BCUT2D eigenvalue weighted by atomic mass is 16.5. The summed E-state index contributed by atoms with van der Waals surface area (Å²) in [4.78, 5) is 22.6. The van der Waals surface area contributed by atoms with E-state index >= 15 is 0 Å². The first-order valence-corrected chi connectivity index (χ1v) is 9.59. The van der Waals surface area contributed by atoms with Gasteiger partial charge in [0.2, 0.25) is 0 Å². The summed E-state index contributed by atoms with van der Waals surface area (Å²) < 4.78 is 19.7. The summed E-state index contributed by atoms with van der Waals surface area (Å²) in [5.41, 5.74) is 12.3. The SMILES string of the molecule is CCOc1ccc(C(=O)OC)cc1C(=N)N.CCOc1ccc(C(=O)OC)cc1C(=N)N. The number of nitrogens with one attached hydrogen (secondary N) is 2. The second kappa shape index (κ2) is 12.6. The van der Waals surface area contributed by atoms with Crippen molar-refractivity contribution in [1.82, 2.24) is 0 Å². The van der Waals surface area contributed by atoms with Gasteiger partial charge in [0.25, 0.3) is 0 Å². The van der Waals surface area contributed by atoms with Crippen LogP contribution < -0.4 is 20.9 Å². The first kappa shape index (κ1) is 26.0. The van der Waals surface area contributed by atoms with Crippen LogP contribution in [-0.4, -0.2) is 51.0 Å². The van der Waals surface area contributed by atoms with E-state index in [4.69, 9.17) is 31.8 Å². The Bertz CT molecular complexity index is 911. The van der Waals surface area contributed by atoms with Gasteiger partial charge in [0, 0.05) is 0 Å². The number of carbonyl (C=O) groups is 2. The Kier molecular flexibility index (Phi) is 10.2. The molecule has 0 spiro atoms. The third kappa shape index (κ3) is 7.01. The number of nitrogens with two attached hydrogens (primary N) is 2. The fourth-order valence-corrected chi connectivity index (χ4v) is 2.53. The average molecular weight is 444 g/mol. The topological polar surface area (TPSA) is 171 Å². The number of hydrogen-bond donors (Lipinski definition) is 4. The zero-order valence-corrected chi connectivity index (χ0v) is 18.5. The molecule has 32 heavy (non-hydrogen) atoms. The summed E-state index contributed by atoms with van der Waals surface area (Å²) >= 11 is 0. The van der Waals surface area contributed by atoms with E-state index in [1.165, 1.54) is 26.4 Å². The van der Waals surface area contributed by atoms with Crippen LogP contribution in [0, 0.1) is 10.8 Å². The minimum absolute atomic E-state index is 0.144. The molecule has 0 aliphatic heterocycles. The van der Waals surface area contributed by atoms with Gasteiger partial charge >= 0.3 is 11.9 Å². The van der Waals surface area contributed by atoms with Crippen LogP contribution in [0.1, 0.15) is 45.7 Å². The molecule has 0 aliphatic carbocycles. The summed E-state index contributed by atoms with van der Waals surface area (Å²) in [6.45, 7) is 4.60. The first-order valence-electron chi connectivity index (χ1n) is 9.59. The van der Waals surface area contributed by atoms with Gasteiger partial charge in [-0.05, 0) is 50.2 Å². The molecule has 0 aromatic heterocycles. The minimum Gasteiger partial charge on any atom is -0.493 e. The fraction of sp³-hybridized carbons (Fsp3) is 0.273. The highest BCUT2D eigenvalue weighted by molar-refractivity contribution is 6.01. The standard InChI is InChI=1S/2C11H14N2O3/c2*1-3-16-9-5-4-7(11(14)15-2)6-8(9)10(12)13/h2*4-6H,3H2,1-2H3,(H3,12,13). The summed E-state index contributed by atoms with van der Waals surface area (Å²) in [5, 5.41) is 14.8. The van der Waals surface area contributed by atoms with Crippen molar-refractivity contribution in [3.63, 3.8) is 0 Å². The summed E-state index contributed by atoms with van der Waals surface area (Å²) in [7, 11) is 2.60. The number of ether oxygens (including phenoxy) is 4. The molecule has 2 aromatic carbocycles.